The predicted octanol–water partition coefficient (Wildman–Crippen LogP) is 2.43. The van der Waals surface area contributed by atoms with Crippen molar-refractivity contribution in [2.45, 2.75) is 6.92 Å². The van der Waals surface area contributed by atoms with Gasteiger partial charge in [-0.05, 0) is 18.6 Å². The molecule has 2 aromatic rings. The zero-order chi connectivity index (χ0) is 9.26. The van der Waals surface area contributed by atoms with E-state index in [1.165, 1.54) is 0 Å². The SMILES string of the molecule is Cc1cc(-c2c[nH]cn2)cnc1Cl. The number of aryl methyl sites for hydroxylation is 1. The molecule has 0 amide bonds. The summed E-state index contributed by atoms with van der Waals surface area (Å²) in [5.74, 6) is 0. The first-order valence-electron chi connectivity index (χ1n) is 3.88. The van der Waals surface area contributed by atoms with Gasteiger partial charge in [-0.25, -0.2) is 9.97 Å². The van der Waals surface area contributed by atoms with Gasteiger partial charge in [0.05, 0.1) is 12.0 Å². The van der Waals surface area contributed by atoms with Gasteiger partial charge in [0.25, 0.3) is 0 Å². The van der Waals surface area contributed by atoms with Crippen molar-refractivity contribution in [1.82, 2.24) is 15.0 Å². The molecule has 0 spiro atoms. The Hall–Kier alpha value is -1.35. The molecule has 0 aliphatic rings. The lowest BCUT2D eigenvalue weighted by Gasteiger charge is -1.99. The maximum absolute atomic E-state index is 5.80. The number of rotatable bonds is 1. The first kappa shape index (κ1) is 8.26. The minimum absolute atomic E-state index is 0.541. The molecular weight excluding hydrogens is 186 g/mol. The van der Waals surface area contributed by atoms with E-state index in [1.807, 2.05) is 19.2 Å². The van der Waals surface area contributed by atoms with Crippen LogP contribution >= 0.6 is 11.6 Å². The molecule has 2 aromatic heterocycles. The number of imidazole rings is 1. The molecule has 0 fully saturated rings. The Morgan fingerprint density at radius 1 is 1.38 bits per heavy atom. The van der Waals surface area contributed by atoms with Gasteiger partial charge >= 0.3 is 0 Å². The standard InChI is InChI=1S/C9H8ClN3/c1-6-2-7(3-12-9(6)10)8-4-11-5-13-8/h2-5H,1H3,(H,11,13). The number of nitrogens with one attached hydrogen (secondary N) is 1. The summed E-state index contributed by atoms with van der Waals surface area (Å²) in [7, 11) is 0. The van der Waals surface area contributed by atoms with Crippen LogP contribution in [0.4, 0.5) is 0 Å². The highest BCUT2D eigenvalue weighted by Gasteiger charge is 2.02. The van der Waals surface area contributed by atoms with Crippen molar-refractivity contribution in [1.29, 1.82) is 0 Å². The summed E-state index contributed by atoms with van der Waals surface area (Å²) in [6.07, 6.45) is 5.18. The smallest absolute Gasteiger partial charge is 0.131 e. The summed E-state index contributed by atoms with van der Waals surface area (Å²) in [4.78, 5) is 11.1. The Bertz CT molecular complexity index is 409. The van der Waals surface area contributed by atoms with E-state index >= 15 is 0 Å². The molecular formula is C9H8ClN3. The molecule has 2 heterocycles. The maximum atomic E-state index is 5.80. The number of halogens is 1. The second kappa shape index (κ2) is 3.18. The second-order valence-corrected chi connectivity index (χ2v) is 3.14. The normalized spacial score (nSPS) is 10.3. The van der Waals surface area contributed by atoms with Gasteiger partial charge in [0.15, 0.2) is 0 Å². The predicted molar refractivity (Wildman–Crippen MR) is 51.6 cm³/mol. The van der Waals surface area contributed by atoms with Crippen molar-refractivity contribution < 1.29 is 0 Å². The highest BCUT2D eigenvalue weighted by molar-refractivity contribution is 6.30. The number of H-pyrrole nitrogens is 1. The van der Waals surface area contributed by atoms with E-state index in [0.29, 0.717) is 5.15 Å². The molecule has 4 heteroatoms. The van der Waals surface area contributed by atoms with E-state index in [-0.39, 0.29) is 0 Å². The topological polar surface area (TPSA) is 41.6 Å². The van der Waals surface area contributed by atoms with Crippen LogP contribution in [0.15, 0.2) is 24.8 Å². The fraction of sp³-hybridized carbons (Fsp3) is 0.111. The maximum Gasteiger partial charge on any atom is 0.131 e. The van der Waals surface area contributed by atoms with Gasteiger partial charge in [0, 0.05) is 18.0 Å². The van der Waals surface area contributed by atoms with Crippen LogP contribution in [0.1, 0.15) is 5.56 Å². The summed E-state index contributed by atoms with van der Waals surface area (Å²) < 4.78 is 0. The lowest BCUT2D eigenvalue weighted by atomic mass is 10.2. The summed E-state index contributed by atoms with van der Waals surface area (Å²) in [5.41, 5.74) is 2.82. The van der Waals surface area contributed by atoms with Gasteiger partial charge in [-0.2, -0.15) is 0 Å². The van der Waals surface area contributed by atoms with Crippen LogP contribution in [0.25, 0.3) is 11.3 Å². The molecule has 0 aliphatic heterocycles. The van der Waals surface area contributed by atoms with Crippen molar-refractivity contribution in [3.8, 4) is 11.3 Å². The Morgan fingerprint density at radius 2 is 2.23 bits per heavy atom. The Kier molecular flexibility index (Phi) is 2.02. The van der Waals surface area contributed by atoms with Crippen molar-refractivity contribution in [2.75, 3.05) is 0 Å². The Morgan fingerprint density at radius 3 is 2.85 bits per heavy atom. The van der Waals surface area contributed by atoms with Crippen molar-refractivity contribution in [3.05, 3.63) is 35.5 Å². The monoisotopic (exact) mass is 193 g/mol. The first-order chi connectivity index (χ1) is 6.27. The Labute approximate surface area is 80.8 Å². The molecule has 0 unspecified atom stereocenters. The van der Waals surface area contributed by atoms with Gasteiger partial charge in [0.2, 0.25) is 0 Å². The lowest BCUT2D eigenvalue weighted by molar-refractivity contribution is 1.25. The van der Waals surface area contributed by atoms with E-state index in [4.69, 9.17) is 11.6 Å². The fourth-order valence-corrected chi connectivity index (χ4v) is 1.22. The van der Waals surface area contributed by atoms with Crippen molar-refractivity contribution >= 4 is 11.6 Å². The van der Waals surface area contributed by atoms with E-state index in [0.717, 1.165) is 16.8 Å². The molecule has 66 valence electrons. The van der Waals surface area contributed by atoms with E-state index in [9.17, 15) is 0 Å². The van der Waals surface area contributed by atoms with Crippen LogP contribution in [0.5, 0.6) is 0 Å². The minimum Gasteiger partial charge on any atom is -0.351 e. The van der Waals surface area contributed by atoms with Crippen molar-refractivity contribution in [3.63, 3.8) is 0 Å². The van der Waals surface area contributed by atoms with Crippen LogP contribution in [0.2, 0.25) is 5.15 Å². The molecule has 0 atom stereocenters. The Balaban J connectivity index is 2.49. The molecule has 2 rings (SSSR count). The molecule has 0 saturated heterocycles. The molecule has 1 N–H and O–H groups in total. The highest BCUT2D eigenvalue weighted by atomic mass is 35.5. The molecule has 3 nitrogen and oxygen atoms in total. The second-order valence-electron chi connectivity index (χ2n) is 2.79. The summed E-state index contributed by atoms with van der Waals surface area (Å²) in [6.45, 7) is 1.92. The average molecular weight is 194 g/mol. The van der Waals surface area contributed by atoms with Gasteiger partial charge in [-0.15, -0.1) is 0 Å². The third-order valence-corrected chi connectivity index (χ3v) is 2.20. The van der Waals surface area contributed by atoms with Crippen LogP contribution in [-0.2, 0) is 0 Å². The average Bonchev–Trinajstić information content (AvgIpc) is 2.62. The van der Waals surface area contributed by atoms with Crippen molar-refractivity contribution in [2.24, 2.45) is 0 Å². The molecule has 0 aliphatic carbocycles. The van der Waals surface area contributed by atoms with Gasteiger partial charge in [-0.3, -0.25) is 0 Å². The molecule has 0 aromatic carbocycles. The van der Waals surface area contributed by atoms with E-state index in [1.54, 1.807) is 12.5 Å². The largest absolute Gasteiger partial charge is 0.351 e. The summed E-state index contributed by atoms with van der Waals surface area (Å²) in [6, 6.07) is 1.96. The van der Waals surface area contributed by atoms with Gasteiger partial charge in [0.1, 0.15) is 5.15 Å². The number of aromatic nitrogens is 3. The van der Waals surface area contributed by atoms with Crippen LogP contribution in [-0.4, -0.2) is 15.0 Å². The lowest BCUT2D eigenvalue weighted by Crippen LogP contribution is -1.84. The molecule has 0 bridgehead atoms. The van der Waals surface area contributed by atoms with Gasteiger partial charge in [-0.1, -0.05) is 11.6 Å². The molecule has 0 radical (unpaired) electrons. The fourth-order valence-electron chi connectivity index (χ4n) is 1.12. The van der Waals surface area contributed by atoms with E-state index in [2.05, 4.69) is 15.0 Å². The molecule has 13 heavy (non-hydrogen) atoms. The van der Waals surface area contributed by atoms with Gasteiger partial charge < -0.3 is 4.98 Å². The van der Waals surface area contributed by atoms with Crippen LogP contribution < -0.4 is 0 Å². The number of aromatic amines is 1. The third-order valence-electron chi connectivity index (χ3n) is 1.81. The zero-order valence-electron chi connectivity index (χ0n) is 7.08. The zero-order valence-corrected chi connectivity index (χ0v) is 7.84. The summed E-state index contributed by atoms with van der Waals surface area (Å²) in [5, 5.41) is 0.541. The van der Waals surface area contributed by atoms with E-state index < -0.39 is 0 Å². The number of pyridine rings is 1. The summed E-state index contributed by atoms with van der Waals surface area (Å²) >= 11 is 5.80. The molecule has 0 saturated carbocycles. The highest BCUT2D eigenvalue weighted by Crippen LogP contribution is 2.19. The van der Waals surface area contributed by atoms with Crippen LogP contribution in [0, 0.1) is 6.92 Å². The van der Waals surface area contributed by atoms with Crippen LogP contribution in [0.3, 0.4) is 0 Å². The first-order valence-corrected chi connectivity index (χ1v) is 4.26. The number of hydrogen-bond donors (Lipinski definition) is 1. The third kappa shape index (κ3) is 1.55. The number of nitrogens with zero attached hydrogens (tertiary/aromatic N) is 2. The minimum atomic E-state index is 0.541. The quantitative estimate of drug-likeness (QED) is 0.707. The number of hydrogen-bond acceptors (Lipinski definition) is 2.